The quantitative estimate of drug-likeness (QED) is 0.904. The lowest BCUT2D eigenvalue weighted by Crippen LogP contribution is -2.64. The highest BCUT2D eigenvalue weighted by Crippen LogP contribution is 2.44. The van der Waals surface area contributed by atoms with Crippen LogP contribution in [0.25, 0.3) is 0 Å². The second-order valence-corrected chi connectivity index (χ2v) is 8.12. The van der Waals surface area contributed by atoms with Crippen molar-refractivity contribution >= 4 is 11.3 Å². The number of aromatic nitrogens is 1. The third kappa shape index (κ3) is 3.07. The number of hydrogen-bond donors (Lipinski definition) is 1. The normalized spacial score (nSPS) is 31.9. The first kappa shape index (κ1) is 14.5. The van der Waals surface area contributed by atoms with Gasteiger partial charge in [0.05, 0.1) is 6.54 Å². The fourth-order valence-corrected chi connectivity index (χ4v) is 4.21. The van der Waals surface area contributed by atoms with Gasteiger partial charge in [0.15, 0.2) is 0 Å². The van der Waals surface area contributed by atoms with Crippen molar-refractivity contribution in [3.8, 4) is 0 Å². The molecule has 2 heterocycles. The van der Waals surface area contributed by atoms with E-state index in [1.165, 1.54) is 30.8 Å². The Hall–Kier alpha value is -0.450. The van der Waals surface area contributed by atoms with Crippen LogP contribution in [-0.2, 0) is 6.54 Å². The van der Waals surface area contributed by atoms with Crippen molar-refractivity contribution in [2.75, 3.05) is 13.1 Å². The minimum absolute atomic E-state index is 0.332. The van der Waals surface area contributed by atoms with Crippen LogP contribution in [0, 0.1) is 11.8 Å². The Balaban J connectivity index is 1.72. The first-order valence-electron chi connectivity index (χ1n) is 7.94. The molecule has 112 valence electrons. The molecule has 1 aliphatic carbocycles. The van der Waals surface area contributed by atoms with Crippen molar-refractivity contribution < 1.29 is 0 Å². The van der Waals surface area contributed by atoms with Crippen LogP contribution in [-0.4, -0.2) is 34.6 Å². The van der Waals surface area contributed by atoms with E-state index in [-0.39, 0.29) is 0 Å². The SMILES string of the molecule is CC(C)CC1CN(Cc2nccs2)C(C)(C2CC2)CN1. The van der Waals surface area contributed by atoms with E-state index >= 15 is 0 Å². The minimum Gasteiger partial charge on any atom is -0.311 e. The second-order valence-electron chi connectivity index (χ2n) is 7.15. The lowest BCUT2D eigenvalue weighted by atomic mass is 9.88. The molecule has 0 amide bonds. The summed E-state index contributed by atoms with van der Waals surface area (Å²) in [6.45, 7) is 10.4. The first-order chi connectivity index (χ1) is 9.58. The summed E-state index contributed by atoms with van der Waals surface area (Å²) in [7, 11) is 0. The number of hydrogen-bond acceptors (Lipinski definition) is 4. The number of thiazole rings is 1. The molecule has 20 heavy (non-hydrogen) atoms. The predicted octanol–water partition coefficient (Wildman–Crippen LogP) is 3.13. The van der Waals surface area contributed by atoms with Crippen LogP contribution in [0.4, 0.5) is 0 Å². The van der Waals surface area contributed by atoms with Gasteiger partial charge in [-0.15, -0.1) is 11.3 Å². The molecule has 0 spiro atoms. The highest BCUT2D eigenvalue weighted by Gasteiger charge is 2.48. The summed E-state index contributed by atoms with van der Waals surface area (Å²) in [5.41, 5.74) is 0.332. The van der Waals surface area contributed by atoms with Gasteiger partial charge >= 0.3 is 0 Å². The smallest absolute Gasteiger partial charge is 0.107 e. The van der Waals surface area contributed by atoms with Crippen molar-refractivity contribution in [2.24, 2.45) is 11.8 Å². The molecule has 1 aliphatic heterocycles. The molecule has 2 aliphatic rings. The lowest BCUT2D eigenvalue weighted by Gasteiger charge is -2.48. The van der Waals surface area contributed by atoms with E-state index in [9.17, 15) is 0 Å². The fourth-order valence-electron chi connectivity index (χ4n) is 3.58. The third-order valence-corrected chi connectivity index (χ3v) is 5.70. The fraction of sp³-hybridized carbons (Fsp3) is 0.812. The average Bonchev–Trinajstić information content (AvgIpc) is 3.13. The maximum Gasteiger partial charge on any atom is 0.107 e. The van der Waals surface area contributed by atoms with Crippen LogP contribution in [0.1, 0.15) is 45.0 Å². The van der Waals surface area contributed by atoms with Crippen molar-refractivity contribution in [3.05, 3.63) is 16.6 Å². The summed E-state index contributed by atoms with van der Waals surface area (Å²) >= 11 is 1.79. The molecule has 3 nitrogen and oxygen atoms in total. The largest absolute Gasteiger partial charge is 0.311 e. The van der Waals surface area contributed by atoms with E-state index < -0.39 is 0 Å². The van der Waals surface area contributed by atoms with Crippen LogP contribution in [0.3, 0.4) is 0 Å². The van der Waals surface area contributed by atoms with Crippen LogP contribution in [0.15, 0.2) is 11.6 Å². The van der Waals surface area contributed by atoms with E-state index in [1.807, 2.05) is 6.20 Å². The summed E-state index contributed by atoms with van der Waals surface area (Å²) in [6, 6.07) is 0.641. The van der Waals surface area contributed by atoms with E-state index in [0.717, 1.165) is 24.9 Å². The van der Waals surface area contributed by atoms with Gasteiger partial charge in [0.1, 0.15) is 5.01 Å². The molecule has 0 bridgehead atoms. The summed E-state index contributed by atoms with van der Waals surface area (Å²) < 4.78 is 0. The Morgan fingerprint density at radius 3 is 2.90 bits per heavy atom. The molecule has 0 radical (unpaired) electrons. The van der Waals surface area contributed by atoms with Crippen LogP contribution < -0.4 is 5.32 Å². The van der Waals surface area contributed by atoms with Gasteiger partial charge in [-0.1, -0.05) is 13.8 Å². The molecule has 2 fully saturated rings. The topological polar surface area (TPSA) is 28.2 Å². The zero-order valence-corrected chi connectivity index (χ0v) is 13.7. The van der Waals surface area contributed by atoms with Crippen LogP contribution in [0.5, 0.6) is 0 Å². The van der Waals surface area contributed by atoms with Crippen molar-refractivity contribution in [3.63, 3.8) is 0 Å². The maximum absolute atomic E-state index is 4.50. The second kappa shape index (κ2) is 5.74. The van der Waals surface area contributed by atoms with E-state index in [0.29, 0.717) is 11.6 Å². The molecule has 4 heteroatoms. The summed E-state index contributed by atoms with van der Waals surface area (Å²) in [5, 5.41) is 7.17. The number of rotatable bonds is 5. The molecular formula is C16H27N3S. The molecule has 1 aromatic heterocycles. The van der Waals surface area contributed by atoms with E-state index in [4.69, 9.17) is 0 Å². The van der Waals surface area contributed by atoms with Crippen molar-refractivity contribution in [2.45, 2.75) is 58.2 Å². The minimum atomic E-state index is 0.332. The van der Waals surface area contributed by atoms with Gasteiger partial charge in [0, 0.05) is 36.2 Å². The summed E-state index contributed by atoms with van der Waals surface area (Å²) in [5.74, 6) is 1.65. The Labute approximate surface area is 126 Å². The summed E-state index contributed by atoms with van der Waals surface area (Å²) in [4.78, 5) is 7.21. The molecular weight excluding hydrogens is 266 g/mol. The van der Waals surface area contributed by atoms with Crippen LogP contribution >= 0.6 is 11.3 Å². The third-order valence-electron chi connectivity index (χ3n) is 4.93. The molecule has 2 atom stereocenters. The van der Waals surface area contributed by atoms with Crippen molar-refractivity contribution in [1.82, 2.24) is 15.2 Å². The zero-order valence-electron chi connectivity index (χ0n) is 12.9. The summed E-state index contributed by atoms with van der Waals surface area (Å²) in [6.07, 6.45) is 6.01. The molecule has 2 unspecified atom stereocenters. The number of nitrogens with zero attached hydrogens (tertiary/aromatic N) is 2. The predicted molar refractivity (Wildman–Crippen MR) is 84.9 cm³/mol. The van der Waals surface area contributed by atoms with Gasteiger partial charge < -0.3 is 5.32 Å². The highest BCUT2D eigenvalue weighted by molar-refractivity contribution is 7.09. The Bertz CT molecular complexity index is 427. The first-order valence-corrected chi connectivity index (χ1v) is 8.82. The van der Waals surface area contributed by atoms with Crippen LogP contribution in [0.2, 0.25) is 0 Å². The van der Waals surface area contributed by atoms with Gasteiger partial charge in [-0.05, 0) is 38.0 Å². The van der Waals surface area contributed by atoms with Crippen molar-refractivity contribution in [1.29, 1.82) is 0 Å². The highest BCUT2D eigenvalue weighted by atomic mass is 32.1. The Morgan fingerprint density at radius 2 is 2.30 bits per heavy atom. The average molecular weight is 293 g/mol. The van der Waals surface area contributed by atoms with E-state index in [1.54, 1.807) is 11.3 Å². The van der Waals surface area contributed by atoms with Gasteiger partial charge in [-0.3, -0.25) is 4.90 Å². The number of nitrogens with one attached hydrogen (secondary N) is 1. The Morgan fingerprint density at radius 1 is 1.50 bits per heavy atom. The Kier molecular flexibility index (Phi) is 4.16. The zero-order chi connectivity index (χ0) is 14.2. The van der Waals surface area contributed by atoms with Gasteiger partial charge in [-0.2, -0.15) is 0 Å². The van der Waals surface area contributed by atoms with E-state index in [2.05, 4.69) is 41.4 Å². The number of piperazine rings is 1. The maximum atomic E-state index is 4.50. The molecule has 3 rings (SSSR count). The molecule has 1 saturated carbocycles. The lowest BCUT2D eigenvalue weighted by molar-refractivity contribution is 0.0238. The van der Waals surface area contributed by atoms with Gasteiger partial charge in [0.25, 0.3) is 0 Å². The monoisotopic (exact) mass is 293 g/mol. The molecule has 0 aromatic carbocycles. The molecule has 1 aromatic rings. The molecule has 1 N–H and O–H groups in total. The van der Waals surface area contributed by atoms with Gasteiger partial charge in [0.2, 0.25) is 0 Å². The standard InChI is InChI=1S/C16H27N3S/c1-12(2)8-14-9-19(10-15-17-6-7-20-15)16(3,11-18-14)13-4-5-13/h6-7,12-14,18H,4-5,8-11H2,1-3H3. The molecule has 1 saturated heterocycles. The van der Waals surface area contributed by atoms with Gasteiger partial charge in [-0.25, -0.2) is 4.98 Å².